The van der Waals surface area contributed by atoms with Crippen molar-refractivity contribution in [3.63, 3.8) is 0 Å². The molecule has 2 rings (SSSR count). The zero-order valence-corrected chi connectivity index (χ0v) is 12.2. The lowest BCUT2D eigenvalue weighted by molar-refractivity contribution is 0.566. The van der Waals surface area contributed by atoms with Crippen LogP contribution in [-0.4, -0.2) is 24.0 Å². The van der Waals surface area contributed by atoms with Gasteiger partial charge in [-0.25, -0.2) is 4.98 Å². The quantitative estimate of drug-likeness (QED) is 0.805. The molecule has 0 atom stereocenters. The predicted octanol–water partition coefficient (Wildman–Crippen LogP) is 3.89. The van der Waals surface area contributed by atoms with Gasteiger partial charge in [-0.05, 0) is 12.1 Å². The summed E-state index contributed by atoms with van der Waals surface area (Å²) in [5.41, 5.74) is 2.42. The second-order valence-corrected chi connectivity index (χ2v) is 5.46. The maximum atomic E-state index is 9.15. The molecule has 1 aromatic carbocycles. The summed E-state index contributed by atoms with van der Waals surface area (Å²) in [4.78, 5) is 6.33. The Kier molecular flexibility index (Phi) is 4.20. The average molecular weight is 290 g/mol. The number of thiazole rings is 1. The summed E-state index contributed by atoms with van der Waals surface area (Å²) in [5, 5.41) is 12.5. The van der Waals surface area contributed by atoms with Crippen LogP contribution in [-0.2, 0) is 0 Å². The molecule has 1 aromatic heterocycles. The van der Waals surface area contributed by atoms with E-state index in [1.807, 2.05) is 48.6 Å². The Bertz CT molecular complexity index is 635. The van der Waals surface area contributed by atoms with Crippen LogP contribution in [0.5, 0.6) is 0 Å². The highest BCUT2D eigenvalue weighted by Crippen LogP contribution is 2.26. The Balaban J connectivity index is 2.34. The Morgan fingerprint density at radius 1 is 1.37 bits per heavy atom. The van der Waals surface area contributed by atoms with Crippen LogP contribution >= 0.6 is 22.9 Å². The van der Waals surface area contributed by atoms with Gasteiger partial charge in [0.15, 0.2) is 0 Å². The molecule has 0 unspecified atom stereocenters. The summed E-state index contributed by atoms with van der Waals surface area (Å²) in [5.74, 6) is 0. The van der Waals surface area contributed by atoms with Crippen molar-refractivity contribution < 1.29 is 0 Å². The summed E-state index contributed by atoms with van der Waals surface area (Å²) >= 11 is 7.32. The van der Waals surface area contributed by atoms with E-state index in [-0.39, 0.29) is 0 Å². The molecule has 0 amide bonds. The summed E-state index contributed by atoms with van der Waals surface area (Å²) < 4.78 is 0. The van der Waals surface area contributed by atoms with Gasteiger partial charge in [0, 0.05) is 36.3 Å². The lowest BCUT2D eigenvalue weighted by Crippen LogP contribution is -2.02. The van der Waals surface area contributed by atoms with Crippen molar-refractivity contribution in [2.45, 2.75) is 0 Å². The molecule has 0 saturated heterocycles. The Labute approximate surface area is 121 Å². The number of nitriles is 1. The first kappa shape index (κ1) is 13.6. The second-order valence-electron chi connectivity index (χ2n) is 4.16. The molecule has 1 heterocycles. The molecule has 0 spiro atoms. The molecular weight excluding hydrogens is 278 g/mol. The number of aromatic nitrogens is 1. The summed E-state index contributed by atoms with van der Waals surface area (Å²) in [6.07, 6.45) is 1.77. The third-order valence-electron chi connectivity index (χ3n) is 2.38. The zero-order valence-electron chi connectivity index (χ0n) is 10.6. The Hall–Kier alpha value is -1.83. The molecule has 96 valence electrons. The van der Waals surface area contributed by atoms with Gasteiger partial charge in [-0.1, -0.05) is 23.7 Å². The maximum absolute atomic E-state index is 9.15. The van der Waals surface area contributed by atoms with E-state index in [1.165, 1.54) is 11.3 Å². The lowest BCUT2D eigenvalue weighted by Gasteiger charge is -2.04. The average Bonchev–Trinajstić information content (AvgIpc) is 2.86. The molecule has 0 fully saturated rings. The smallest absolute Gasteiger partial charge is 0.136 e. The van der Waals surface area contributed by atoms with Gasteiger partial charge in [-0.3, -0.25) is 0 Å². The van der Waals surface area contributed by atoms with Gasteiger partial charge < -0.3 is 4.90 Å². The molecule has 0 aliphatic rings. The molecule has 0 N–H and O–H groups in total. The van der Waals surface area contributed by atoms with Gasteiger partial charge in [-0.2, -0.15) is 5.26 Å². The minimum Gasteiger partial charge on any atom is -0.382 e. The van der Waals surface area contributed by atoms with E-state index in [9.17, 15) is 0 Å². The molecular formula is C14H12ClN3S. The molecule has 19 heavy (non-hydrogen) atoms. The van der Waals surface area contributed by atoms with Crippen LogP contribution in [0.1, 0.15) is 5.01 Å². The van der Waals surface area contributed by atoms with Crippen molar-refractivity contribution in [3.8, 4) is 17.3 Å². The van der Waals surface area contributed by atoms with Crippen LogP contribution in [0.4, 0.5) is 0 Å². The second kappa shape index (κ2) is 5.87. The molecule has 0 bridgehead atoms. The number of allylic oxidation sites excluding steroid dienone is 1. The van der Waals surface area contributed by atoms with Crippen molar-refractivity contribution in [1.29, 1.82) is 5.26 Å². The lowest BCUT2D eigenvalue weighted by atomic mass is 10.2. The summed E-state index contributed by atoms with van der Waals surface area (Å²) in [7, 11) is 3.76. The van der Waals surface area contributed by atoms with Crippen molar-refractivity contribution in [2.75, 3.05) is 14.1 Å². The normalized spacial score (nSPS) is 11.2. The SMILES string of the molecule is CN(C)C=C(C#N)c1nc(-c2ccc(Cl)cc2)cs1. The molecule has 3 nitrogen and oxygen atoms in total. The van der Waals surface area contributed by atoms with Crippen molar-refractivity contribution in [1.82, 2.24) is 9.88 Å². The molecule has 0 aliphatic carbocycles. The highest BCUT2D eigenvalue weighted by molar-refractivity contribution is 7.11. The monoisotopic (exact) mass is 289 g/mol. The molecule has 0 saturated carbocycles. The van der Waals surface area contributed by atoms with Crippen LogP contribution in [0.25, 0.3) is 16.8 Å². The van der Waals surface area contributed by atoms with E-state index in [0.29, 0.717) is 10.6 Å². The van der Waals surface area contributed by atoms with E-state index in [2.05, 4.69) is 11.1 Å². The van der Waals surface area contributed by atoms with Gasteiger partial charge in [0.25, 0.3) is 0 Å². The fraction of sp³-hybridized carbons (Fsp3) is 0.143. The van der Waals surface area contributed by atoms with E-state index in [1.54, 1.807) is 6.20 Å². The first-order valence-corrected chi connectivity index (χ1v) is 6.86. The first-order valence-electron chi connectivity index (χ1n) is 5.60. The highest BCUT2D eigenvalue weighted by Gasteiger charge is 2.09. The fourth-order valence-electron chi connectivity index (χ4n) is 1.54. The van der Waals surface area contributed by atoms with Gasteiger partial charge in [-0.15, -0.1) is 11.3 Å². The number of hydrogen-bond acceptors (Lipinski definition) is 4. The number of hydrogen-bond donors (Lipinski definition) is 0. The third-order valence-corrected chi connectivity index (χ3v) is 3.51. The molecule has 0 aliphatic heterocycles. The van der Waals surface area contributed by atoms with Crippen molar-refractivity contribution >= 4 is 28.5 Å². The number of nitrogens with zero attached hydrogens (tertiary/aromatic N) is 3. The predicted molar refractivity (Wildman–Crippen MR) is 79.8 cm³/mol. The topological polar surface area (TPSA) is 39.9 Å². The Morgan fingerprint density at radius 3 is 2.63 bits per heavy atom. The van der Waals surface area contributed by atoms with Gasteiger partial charge in [0.2, 0.25) is 0 Å². The van der Waals surface area contributed by atoms with E-state index < -0.39 is 0 Å². The van der Waals surface area contributed by atoms with Crippen molar-refractivity contribution in [3.05, 3.63) is 45.9 Å². The number of rotatable bonds is 3. The van der Waals surface area contributed by atoms with Crippen LogP contribution in [0.15, 0.2) is 35.8 Å². The molecule has 2 aromatic rings. The number of benzene rings is 1. The largest absolute Gasteiger partial charge is 0.382 e. The summed E-state index contributed by atoms with van der Waals surface area (Å²) in [6, 6.07) is 9.67. The van der Waals surface area contributed by atoms with Gasteiger partial charge in [0.1, 0.15) is 16.6 Å². The van der Waals surface area contributed by atoms with Crippen LogP contribution < -0.4 is 0 Å². The summed E-state index contributed by atoms with van der Waals surface area (Å²) in [6.45, 7) is 0. The highest BCUT2D eigenvalue weighted by atomic mass is 35.5. The van der Waals surface area contributed by atoms with E-state index >= 15 is 0 Å². The Morgan fingerprint density at radius 2 is 2.05 bits per heavy atom. The van der Waals surface area contributed by atoms with Gasteiger partial charge in [0.05, 0.1) is 5.69 Å². The maximum Gasteiger partial charge on any atom is 0.136 e. The van der Waals surface area contributed by atoms with E-state index in [0.717, 1.165) is 16.3 Å². The standard InChI is InChI=1S/C14H12ClN3S/c1-18(2)8-11(7-16)14-17-13(9-19-14)10-3-5-12(15)6-4-10/h3-6,8-9H,1-2H3. The molecule has 0 radical (unpaired) electrons. The van der Waals surface area contributed by atoms with Crippen LogP contribution in [0.3, 0.4) is 0 Å². The number of halogens is 1. The first-order chi connectivity index (χ1) is 9.10. The third kappa shape index (κ3) is 3.34. The van der Waals surface area contributed by atoms with E-state index in [4.69, 9.17) is 16.9 Å². The van der Waals surface area contributed by atoms with Crippen LogP contribution in [0, 0.1) is 11.3 Å². The molecule has 5 heteroatoms. The zero-order chi connectivity index (χ0) is 13.8. The van der Waals surface area contributed by atoms with Crippen molar-refractivity contribution in [2.24, 2.45) is 0 Å². The van der Waals surface area contributed by atoms with Crippen LogP contribution in [0.2, 0.25) is 5.02 Å². The fourth-order valence-corrected chi connectivity index (χ4v) is 2.46. The minimum absolute atomic E-state index is 0.565. The van der Waals surface area contributed by atoms with Gasteiger partial charge >= 0.3 is 0 Å². The minimum atomic E-state index is 0.565.